The van der Waals surface area contributed by atoms with Crippen LogP contribution in [0, 0.1) is 10.5 Å². The fraction of sp³-hybridized carbons (Fsp3) is 0.182. The van der Waals surface area contributed by atoms with Crippen molar-refractivity contribution in [3.05, 3.63) is 79.2 Å². The number of nitrogens with one attached hydrogen (secondary N) is 1. The highest BCUT2D eigenvalue weighted by molar-refractivity contribution is 14.1. The van der Waals surface area contributed by atoms with Gasteiger partial charge >= 0.3 is 5.91 Å². The van der Waals surface area contributed by atoms with Crippen LogP contribution in [-0.4, -0.2) is 18.7 Å². The van der Waals surface area contributed by atoms with Crippen molar-refractivity contribution >= 4 is 50.6 Å². The van der Waals surface area contributed by atoms with Gasteiger partial charge in [-0.1, -0.05) is 28.1 Å². The minimum absolute atomic E-state index is 0.214. The molecule has 6 nitrogen and oxygen atoms in total. The lowest BCUT2D eigenvalue weighted by atomic mass is 10.2. The summed E-state index contributed by atoms with van der Waals surface area (Å²) >= 11 is 5.63. The molecule has 0 saturated heterocycles. The molecule has 0 bridgehead atoms. The first kappa shape index (κ1) is 22.4. The van der Waals surface area contributed by atoms with E-state index in [0.29, 0.717) is 30.5 Å². The monoisotopic (exact) mass is 582 g/mol. The van der Waals surface area contributed by atoms with Crippen LogP contribution in [0.15, 0.2) is 62.5 Å². The van der Waals surface area contributed by atoms with E-state index in [-0.39, 0.29) is 5.76 Å². The zero-order valence-electron chi connectivity index (χ0n) is 16.4. The highest BCUT2D eigenvalue weighted by Gasteiger charge is 2.13. The molecule has 0 fully saturated rings. The van der Waals surface area contributed by atoms with Crippen molar-refractivity contribution in [3.63, 3.8) is 0 Å². The summed E-state index contributed by atoms with van der Waals surface area (Å²) < 4.78 is 19.0. The summed E-state index contributed by atoms with van der Waals surface area (Å²) in [4.78, 5) is 12.0. The number of benzene rings is 2. The van der Waals surface area contributed by atoms with Crippen LogP contribution in [0.2, 0.25) is 0 Å². The summed E-state index contributed by atoms with van der Waals surface area (Å²) in [5, 5.41) is 4.01. The quantitative estimate of drug-likeness (QED) is 0.210. The Morgan fingerprint density at radius 2 is 1.97 bits per heavy atom. The fourth-order valence-corrected chi connectivity index (χ4v) is 3.62. The second kappa shape index (κ2) is 10.6. The summed E-state index contributed by atoms with van der Waals surface area (Å²) in [7, 11) is 0. The van der Waals surface area contributed by atoms with Crippen LogP contribution in [0.3, 0.4) is 0 Å². The molecule has 2 aromatic carbocycles. The Morgan fingerprint density at radius 1 is 1.20 bits per heavy atom. The van der Waals surface area contributed by atoms with Gasteiger partial charge in [-0.05, 0) is 84.0 Å². The Kier molecular flexibility index (Phi) is 7.92. The summed E-state index contributed by atoms with van der Waals surface area (Å²) in [6, 6.07) is 15.0. The van der Waals surface area contributed by atoms with E-state index < -0.39 is 5.91 Å². The Morgan fingerprint density at radius 3 is 2.63 bits per heavy atom. The summed E-state index contributed by atoms with van der Waals surface area (Å²) in [6.45, 7) is 4.62. The Labute approximate surface area is 196 Å². The maximum atomic E-state index is 12.0. The first-order chi connectivity index (χ1) is 14.5. The molecule has 0 aliphatic carbocycles. The first-order valence-electron chi connectivity index (χ1n) is 9.19. The van der Waals surface area contributed by atoms with Crippen molar-refractivity contribution in [2.45, 2.75) is 20.5 Å². The number of amides is 1. The molecular formula is C22H20BrIN2O4. The van der Waals surface area contributed by atoms with Crippen molar-refractivity contribution in [3.8, 4) is 11.5 Å². The molecule has 1 heterocycles. The molecule has 1 N–H and O–H groups in total. The van der Waals surface area contributed by atoms with E-state index in [1.165, 1.54) is 0 Å². The second-order valence-electron chi connectivity index (χ2n) is 6.29. The number of carbonyl (C=O) groups is 1. The van der Waals surface area contributed by atoms with Gasteiger partial charge in [0.2, 0.25) is 0 Å². The van der Waals surface area contributed by atoms with E-state index in [0.717, 1.165) is 19.2 Å². The van der Waals surface area contributed by atoms with Gasteiger partial charge in [0.05, 0.1) is 16.4 Å². The van der Waals surface area contributed by atoms with E-state index in [4.69, 9.17) is 13.9 Å². The molecule has 1 aromatic heterocycles. The lowest BCUT2D eigenvalue weighted by molar-refractivity contribution is 0.0926. The molecule has 3 aromatic rings. The third-order valence-electron chi connectivity index (χ3n) is 3.97. The zero-order chi connectivity index (χ0) is 21.5. The molecule has 0 aliphatic heterocycles. The van der Waals surface area contributed by atoms with Gasteiger partial charge in [-0.15, -0.1) is 0 Å². The average Bonchev–Trinajstić information content (AvgIpc) is 3.15. The predicted octanol–water partition coefficient (Wildman–Crippen LogP) is 5.70. The number of hydrogen-bond donors (Lipinski definition) is 1. The molecule has 30 heavy (non-hydrogen) atoms. The van der Waals surface area contributed by atoms with Crippen LogP contribution in [0.5, 0.6) is 11.5 Å². The molecule has 3 rings (SSSR count). The molecular weight excluding hydrogens is 563 g/mol. The standard InChI is InChI=1S/C22H20BrIN2O4/c1-3-28-20-11-16(12-25-26-22(27)19-9-4-14(2)30-19)10-18(24)21(20)29-13-15-5-7-17(23)8-6-15/h4-12H,3,13H2,1-2H3,(H,26,27)/b25-12-. The molecule has 0 unspecified atom stereocenters. The van der Waals surface area contributed by atoms with Crippen LogP contribution >= 0.6 is 38.5 Å². The van der Waals surface area contributed by atoms with E-state index in [1.807, 2.05) is 43.3 Å². The third kappa shape index (κ3) is 6.09. The number of hydrogen-bond acceptors (Lipinski definition) is 5. The van der Waals surface area contributed by atoms with E-state index in [2.05, 4.69) is 49.0 Å². The Bertz CT molecular complexity index is 1050. The number of ether oxygens (including phenoxy) is 2. The number of furan rings is 1. The van der Waals surface area contributed by atoms with Crippen LogP contribution in [-0.2, 0) is 6.61 Å². The van der Waals surface area contributed by atoms with Gasteiger partial charge in [0.15, 0.2) is 17.3 Å². The van der Waals surface area contributed by atoms with Crippen molar-refractivity contribution in [1.82, 2.24) is 5.43 Å². The summed E-state index contributed by atoms with van der Waals surface area (Å²) in [5.41, 5.74) is 4.28. The molecule has 0 spiro atoms. The number of hydrazone groups is 1. The van der Waals surface area contributed by atoms with Gasteiger partial charge in [0.25, 0.3) is 0 Å². The number of halogens is 2. The molecule has 1 amide bonds. The average molecular weight is 583 g/mol. The number of nitrogens with zero attached hydrogens (tertiary/aromatic N) is 1. The minimum Gasteiger partial charge on any atom is -0.490 e. The minimum atomic E-state index is -0.409. The predicted molar refractivity (Wildman–Crippen MR) is 127 cm³/mol. The van der Waals surface area contributed by atoms with Crippen molar-refractivity contribution in [1.29, 1.82) is 0 Å². The largest absolute Gasteiger partial charge is 0.490 e. The van der Waals surface area contributed by atoms with Crippen LogP contribution in [0.4, 0.5) is 0 Å². The maximum absolute atomic E-state index is 12.0. The van der Waals surface area contributed by atoms with Gasteiger partial charge in [-0.2, -0.15) is 5.10 Å². The molecule has 8 heteroatoms. The lowest BCUT2D eigenvalue weighted by Gasteiger charge is -2.14. The topological polar surface area (TPSA) is 73.1 Å². The van der Waals surface area contributed by atoms with Crippen LogP contribution in [0.25, 0.3) is 0 Å². The number of rotatable bonds is 8. The first-order valence-corrected chi connectivity index (χ1v) is 11.1. The highest BCUT2D eigenvalue weighted by Crippen LogP contribution is 2.34. The van der Waals surface area contributed by atoms with E-state index in [9.17, 15) is 4.79 Å². The summed E-state index contributed by atoms with van der Waals surface area (Å²) in [6.07, 6.45) is 1.55. The van der Waals surface area contributed by atoms with Crippen LogP contribution < -0.4 is 14.9 Å². The smallest absolute Gasteiger partial charge is 0.307 e. The fourth-order valence-electron chi connectivity index (χ4n) is 2.58. The lowest BCUT2D eigenvalue weighted by Crippen LogP contribution is -2.16. The Balaban J connectivity index is 1.71. The van der Waals surface area contributed by atoms with Gasteiger partial charge in [0, 0.05) is 4.47 Å². The van der Waals surface area contributed by atoms with E-state index in [1.54, 1.807) is 25.3 Å². The summed E-state index contributed by atoms with van der Waals surface area (Å²) in [5.74, 6) is 1.77. The number of aryl methyl sites for hydroxylation is 1. The third-order valence-corrected chi connectivity index (χ3v) is 5.30. The molecule has 0 aliphatic rings. The number of carbonyl (C=O) groups excluding carboxylic acids is 1. The van der Waals surface area contributed by atoms with E-state index >= 15 is 0 Å². The second-order valence-corrected chi connectivity index (χ2v) is 8.37. The normalized spacial score (nSPS) is 10.9. The highest BCUT2D eigenvalue weighted by atomic mass is 127. The molecule has 0 saturated carbocycles. The van der Waals surface area contributed by atoms with Gasteiger partial charge in [0.1, 0.15) is 12.4 Å². The van der Waals surface area contributed by atoms with Crippen molar-refractivity contribution < 1.29 is 18.7 Å². The zero-order valence-corrected chi connectivity index (χ0v) is 20.2. The maximum Gasteiger partial charge on any atom is 0.307 e. The van der Waals surface area contributed by atoms with Crippen LogP contribution in [0.1, 0.15) is 34.4 Å². The molecule has 0 radical (unpaired) electrons. The molecule has 0 atom stereocenters. The SMILES string of the molecule is CCOc1cc(/C=N\NC(=O)c2ccc(C)o2)cc(I)c1OCc1ccc(Br)cc1. The van der Waals surface area contributed by atoms with Gasteiger partial charge < -0.3 is 13.9 Å². The van der Waals surface area contributed by atoms with Crippen molar-refractivity contribution in [2.24, 2.45) is 5.10 Å². The molecule has 156 valence electrons. The Hall–Kier alpha value is -2.33. The van der Waals surface area contributed by atoms with Gasteiger partial charge in [-0.3, -0.25) is 4.79 Å². The van der Waals surface area contributed by atoms with Gasteiger partial charge in [-0.25, -0.2) is 5.43 Å². The van der Waals surface area contributed by atoms with Crippen molar-refractivity contribution in [2.75, 3.05) is 6.61 Å².